The quantitative estimate of drug-likeness (QED) is 0.514. The molecule has 112 valence electrons. The summed E-state index contributed by atoms with van der Waals surface area (Å²) in [6.45, 7) is 1.69. The molecule has 0 bridgehead atoms. The second-order valence-electron chi connectivity index (χ2n) is 4.49. The number of benzene rings is 2. The van der Waals surface area contributed by atoms with E-state index in [4.69, 9.17) is 0 Å². The molecule has 0 aromatic heterocycles. The van der Waals surface area contributed by atoms with Gasteiger partial charge in [0, 0.05) is 17.7 Å². The highest BCUT2D eigenvalue weighted by Crippen LogP contribution is 2.13. The third kappa shape index (κ3) is 3.66. The summed E-state index contributed by atoms with van der Waals surface area (Å²) in [6.07, 6.45) is 0. The molecule has 0 aliphatic rings. The molecule has 2 N–H and O–H groups in total. The van der Waals surface area contributed by atoms with Gasteiger partial charge in [-0.15, -0.1) is 0 Å². The topological polar surface area (TPSA) is 105 Å². The number of nitro benzene ring substituents is 1. The number of hydrazone groups is 1. The molecule has 0 radical (unpaired) electrons. The van der Waals surface area contributed by atoms with E-state index in [0.29, 0.717) is 5.71 Å². The number of amides is 1. The number of carbonyl (C=O) groups is 1. The summed E-state index contributed by atoms with van der Waals surface area (Å²) in [7, 11) is 0. The van der Waals surface area contributed by atoms with Crippen molar-refractivity contribution in [1.82, 2.24) is 5.43 Å². The minimum atomic E-state index is -0.568. The van der Waals surface area contributed by atoms with Crippen molar-refractivity contribution in [2.45, 2.75) is 6.92 Å². The van der Waals surface area contributed by atoms with Gasteiger partial charge < -0.3 is 5.11 Å². The first-order chi connectivity index (χ1) is 10.5. The third-order valence-corrected chi connectivity index (χ3v) is 2.93. The molecule has 0 heterocycles. The number of hydrogen-bond donors (Lipinski definition) is 2. The monoisotopic (exact) mass is 299 g/mol. The lowest BCUT2D eigenvalue weighted by atomic mass is 10.1. The summed E-state index contributed by atoms with van der Waals surface area (Å²) in [5, 5.41) is 23.8. The van der Waals surface area contributed by atoms with Crippen molar-refractivity contribution in [2.24, 2.45) is 5.10 Å². The van der Waals surface area contributed by atoms with E-state index in [1.807, 2.05) is 0 Å². The molecule has 0 fully saturated rings. The molecule has 0 saturated heterocycles. The summed E-state index contributed by atoms with van der Waals surface area (Å²) in [6, 6.07) is 11.7. The number of nitrogens with zero attached hydrogens (tertiary/aromatic N) is 2. The molecule has 7 nitrogen and oxygen atoms in total. The summed E-state index contributed by atoms with van der Waals surface area (Å²) in [5.41, 5.74) is 3.61. The number of nitrogens with one attached hydrogen (secondary N) is 1. The third-order valence-electron chi connectivity index (χ3n) is 2.93. The Labute approximate surface area is 126 Å². The van der Waals surface area contributed by atoms with Gasteiger partial charge in [0.15, 0.2) is 0 Å². The van der Waals surface area contributed by atoms with Gasteiger partial charge in [-0.25, -0.2) is 5.43 Å². The zero-order chi connectivity index (χ0) is 16.1. The SMILES string of the molecule is CC(=NNC(=O)c1cccc([N+](=O)[O-])c1)c1ccc(O)cc1. The molecular weight excluding hydrogens is 286 g/mol. The van der Waals surface area contributed by atoms with Crippen LogP contribution in [-0.2, 0) is 0 Å². The molecule has 0 aliphatic heterocycles. The van der Waals surface area contributed by atoms with Crippen LogP contribution in [0.2, 0.25) is 0 Å². The van der Waals surface area contributed by atoms with Crippen LogP contribution >= 0.6 is 0 Å². The lowest BCUT2D eigenvalue weighted by Crippen LogP contribution is -2.19. The van der Waals surface area contributed by atoms with E-state index < -0.39 is 10.8 Å². The van der Waals surface area contributed by atoms with Crippen LogP contribution in [-0.4, -0.2) is 21.6 Å². The van der Waals surface area contributed by atoms with Gasteiger partial charge in [0.1, 0.15) is 5.75 Å². The van der Waals surface area contributed by atoms with Crippen molar-refractivity contribution in [3.05, 3.63) is 69.8 Å². The number of phenols is 1. The van der Waals surface area contributed by atoms with Gasteiger partial charge in [-0.05, 0) is 42.8 Å². The molecule has 0 spiro atoms. The lowest BCUT2D eigenvalue weighted by molar-refractivity contribution is -0.384. The minimum Gasteiger partial charge on any atom is -0.508 e. The summed E-state index contributed by atoms with van der Waals surface area (Å²) < 4.78 is 0. The average Bonchev–Trinajstić information content (AvgIpc) is 2.53. The van der Waals surface area contributed by atoms with Crippen molar-refractivity contribution >= 4 is 17.3 Å². The molecule has 0 aliphatic carbocycles. The predicted octanol–water partition coefficient (Wildman–Crippen LogP) is 2.45. The highest BCUT2D eigenvalue weighted by molar-refractivity contribution is 6.01. The Hall–Kier alpha value is -3.22. The Morgan fingerprint density at radius 1 is 1.18 bits per heavy atom. The standard InChI is InChI=1S/C15H13N3O4/c1-10(11-5-7-14(19)8-6-11)16-17-15(20)12-3-2-4-13(9-12)18(21)22/h2-9,19H,1H3,(H,17,20). The smallest absolute Gasteiger partial charge is 0.271 e. The number of nitro groups is 1. The highest BCUT2D eigenvalue weighted by atomic mass is 16.6. The maximum absolute atomic E-state index is 11.9. The average molecular weight is 299 g/mol. The van der Waals surface area contributed by atoms with Crippen molar-refractivity contribution in [3.63, 3.8) is 0 Å². The number of aromatic hydroxyl groups is 1. The number of carbonyl (C=O) groups excluding carboxylic acids is 1. The van der Waals surface area contributed by atoms with E-state index in [1.54, 1.807) is 19.1 Å². The molecular formula is C15H13N3O4. The van der Waals surface area contributed by atoms with Gasteiger partial charge in [0.25, 0.3) is 11.6 Å². The molecule has 2 rings (SSSR count). The molecule has 0 unspecified atom stereocenters. The number of hydrogen-bond acceptors (Lipinski definition) is 5. The van der Waals surface area contributed by atoms with E-state index in [2.05, 4.69) is 10.5 Å². The van der Waals surface area contributed by atoms with Gasteiger partial charge in [-0.2, -0.15) is 5.10 Å². The van der Waals surface area contributed by atoms with Crippen LogP contribution in [0.1, 0.15) is 22.8 Å². The zero-order valence-electron chi connectivity index (χ0n) is 11.7. The number of rotatable bonds is 4. The van der Waals surface area contributed by atoms with Crippen molar-refractivity contribution < 1.29 is 14.8 Å². The fraction of sp³-hybridized carbons (Fsp3) is 0.0667. The van der Waals surface area contributed by atoms with E-state index in [1.165, 1.54) is 36.4 Å². The van der Waals surface area contributed by atoms with Crippen molar-refractivity contribution in [1.29, 1.82) is 0 Å². The second-order valence-corrected chi connectivity index (χ2v) is 4.49. The van der Waals surface area contributed by atoms with Crippen molar-refractivity contribution in [2.75, 3.05) is 0 Å². The molecule has 2 aromatic carbocycles. The molecule has 1 amide bonds. The summed E-state index contributed by atoms with van der Waals surface area (Å²) >= 11 is 0. The Morgan fingerprint density at radius 2 is 1.86 bits per heavy atom. The Balaban J connectivity index is 2.11. The van der Waals surface area contributed by atoms with Crippen LogP contribution < -0.4 is 5.43 Å². The summed E-state index contributed by atoms with van der Waals surface area (Å²) in [5.74, 6) is -0.404. The molecule has 0 saturated carbocycles. The van der Waals surface area contributed by atoms with Gasteiger partial charge in [0.05, 0.1) is 10.6 Å². The normalized spacial score (nSPS) is 11.0. The van der Waals surface area contributed by atoms with Crippen LogP contribution in [0.4, 0.5) is 5.69 Å². The zero-order valence-corrected chi connectivity index (χ0v) is 11.7. The molecule has 0 atom stereocenters. The van der Waals surface area contributed by atoms with E-state index in [9.17, 15) is 20.0 Å². The molecule has 2 aromatic rings. The van der Waals surface area contributed by atoms with Crippen LogP contribution in [0, 0.1) is 10.1 Å². The largest absolute Gasteiger partial charge is 0.508 e. The van der Waals surface area contributed by atoms with Gasteiger partial charge >= 0.3 is 0 Å². The maximum Gasteiger partial charge on any atom is 0.271 e. The maximum atomic E-state index is 11.9. The molecule has 7 heteroatoms. The minimum absolute atomic E-state index is 0.136. The van der Waals surface area contributed by atoms with Crippen LogP contribution in [0.15, 0.2) is 53.6 Å². The predicted molar refractivity (Wildman–Crippen MR) is 80.9 cm³/mol. The Bertz CT molecular complexity index is 739. The fourth-order valence-electron chi connectivity index (χ4n) is 1.73. The van der Waals surface area contributed by atoms with Crippen LogP contribution in [0.3, 0.4) is 0 Å². The number of phenolic OH excluding ortho intramolecular Hbond substituents is 1. The number of non-ortho nitro benzene ring substituents is 1. The first kappa shape index (κ1) is 15.2. The highest BCUT2D eigenvalue weighted by Gasteiger charge is 2.11. The first-order valence-electron chi connectivity index (χ1n) is 6.36. The Morgan fingerprint density at radius 3 is 2.50 bits per heavy atom. The van der Waals surface area contributed by atoms with Gasteiger partial charge in [-0.3, -0.25) is 14.9 Å². The molecule has 22 heavy (non-hydrogen) atoms. The van der Waals surface area contributed by atoms with E-state index in [0.717, 1.165) is 5.56 Å². The van der Waals surface area contributed by atoms with Gasteiger partial charge in [0.2, 0.25) is 0 Å². The Kier molecular flexibility index (Phi) is 4.47. The second kappa shape index (κ2) is 6.49. The van der Waals surface area contributed by atoms with Crippen LogP contribution in [0.25, 0.3) is 0 Å². The van der Waals surface area contributed by atoms with Gasteiger partial charge in [-0.1, -0.05) is 6.07 Å². The first-order valence-corrected chi connectivity index (χ1v) is 6.36. The fourth-order valence-corrected chi connectivity index (χ4v) is 1.73. The lowest BCUT2D eigenvalue weighted by Gasteiger charge is -2.03. The van der Waals surface area contributed by atoms with Crippen LogP contribution in [0.5, 0.6) is 5.75 Å². The van der Waals surface area contributed by atoms with E-state index >= 15 is 0 Å². The summed E-state index contributed by atoms with van der Waals surface area (Å²) in [4.78, 5) is 22.0. The van der Waals surface area contributed by atoms with E-state index in [-0.39, 0.29) is 17.0 Å². The van der Waals surface area contributed by atoms with Crippen molar-refractivity contribution in [3.8, 4) is 5.75 Å².